The fraction of sp³-hybridized carbons (Fsp3) is 0.636. The summed E-state index contributed by atoms with van der Waals surface area (Å²) < 4.78 is 19.4. The predicted molar refractivity (Wildman–Crippen MR) is 63.8 cm³/mol. The molecule has 0 amide bonds. The van der Waals surface area contributed by atoms with Crippen molar-refractivity contribution in [3.05, 3.63) is 17.3 Å². The maximum absolute atomic E-state index is 13.7. The Morgan fingerprint density at radius 1 is 1.59 bits per heavy atom. The van der Waals surface area contributed by atoms with Crippen LogP contribution in [0, 0.1) is 5.82 Å². The van der Waals surface area contributed by atoms with Gasteiger partial charge in [-0.05, 0) is 32.4 Å². The smallest absolute Gasteiger partial charge is 0.224 e. The molecule has 1 aromatic rings. The van der Waals surface area contributed by atoms with Gasteiger partial charge in [-0.3, -0.25) is 0 Å². The number of morpholine rings is 1. The molecule has 0 N–H and O–H groups in total. The molecule has 0 saturated carbocycles. The van der Waals surface area contributed by atoms with Crippen LogP contribution >= 0.6 is 11.6 Å². The summed E-state index contributed by atoms with van der Waals surface area (Å²) in [4.78, 5) is 9.45. The number of nitrogens with zero attached hydrogens (tertiary/aromatic N) is 3. The minimum atomic E-state index is -0.459. The van der Waals surface area contributed by atoms with Gasteiger partial charge in [0.1, 0.15) is 0 Å². The highest BCUT2D eigenvalue weighted by Gasteiger charge is 2.33. The first kappa shape index (κ1) is 12.5. The van der Waals surface area contributed by atoms with Gasteiger partial charge in [0.2, 0.25) is 5.28 Å². The van der Waals surface area contributed by atoms with E-state index < -0.39 is 5.82 Å². The summed E-state index contributed by atoms with van der Waals surface area (Å²) in [6.07, 6.45) is 1.10. The highest BCUT2D eigenvalue weighted by atomic mass is 35.5. The SMILES string of the molecule is C[C@@H]1COC(C)(C)CN1c1nc(Cl)ncc1F. The number of rotatable bonds is 1. The van der Waals surface area contributed by atoms with Crippen molar-refractivity contribution in [3.63, 3.8) is 0 Å². The lowest BCUT2D eigenvalue weighted by Gasteiger charge is -2.43. The van der Waals surface area contributed by atoms with Crippen LogP contribution in [0.2, 0.25) is 5.28 Å². The van der Waals surface area contributed by atoms with E-state index in [4.69, 9.17) is 16.3 Å². The average molecular weight is 260 g/mol. The molecule has 17 heavy (non-hydrogen) atoms. The molecule has 94 valence electrons. The van der Waals surface area contributed by atoms with Crippen LogP contribution in [0.4, 0.5) is 10.2 Å². The van der Waals surface area contributed by atoms with Crippen molar-refractivity contribution in [1.29, 1.82) is 0 Å². The summed E-state index contributed by atoms with van der Waals surface area (Å²) >= 11 is 5.71. The van der Waals surface area contributed by atoms with E-state index in [1.807, 2.05) is 25.7 Å². The van der Waals surface area contributed by atoms with E-state index in [1.165, 1.54) is 0 Å². The summed E-state index contributed by atoms with van der Waals surface area (Å²) in [6.45, 7) is 7.00. The number of ether oxygens (including phenoxy) is 1. The number of aromatic nitrogens is 2. The van der Waals surface area contributed by atoms with Crippen LogP contribution in [-0.2, 0) is 4.74 Å². The molecule has 0 aromatic carbocycles. The molecule has 1 aliphatic rings. The van der Waals surface area contributed by atoms with Crippen molar-refractivity contribution < 1.29 is 9.13 Å². The predicted octanol–water partition coefficient (Wildman–Crippen LogP) is 2.27. The molecular formula is C11H15ClFN3O. The molecule has 0 radical (unpaired) electrons. The molecule has 2 heterocycles. The minimum Gasteiger partial charge on any atom is -0.372 e. The van der Waals surface area contributed by atoms with Crippen molar-refractivity contribution in [2.45, 2.75) is 32.4 Å². The van der Waals surface area contributed by atoms with Crippen LogP contribution in [0.25, 0.3) is 0 Å². The van der Waals surface area contributed by atoms with Gasteiger partial charge in [0.15, 0.2) is 11.6 Å². The third kappa shape index (κ3) is 2.66. The Bertz CT molecular complexity index is 427. The molecule has 1 atom stereocenters. The molecule has 6 heteroatoms. The largest absolute Gasteiger partial charge is 0.372 e. The summed E-state index contributed by atoms with van der Waals surface area (Å²) in [6, 6.07) is 0.0588. The maximum atomic E-state index is 13.7. The van der Waals surface area contributed by atoms with E-state index in [-0.39, 0.29) is 22.7 Å². The molecule has 0 aliphatic carbocycles. The lowest BCUT2D eigenvalue weighted by atomic mass is 10.0. The molecule has 1 fully saturated rings. The summed E-state index contributed by atoms with van der Waals surface area (Å²) in [5, 5.41) is 0.0536. The third-order valence-electron chi connectivity index (χ3n) is 2.77. The van der Waals surface area contributed by atoms with E-state index in [0.717, 1.165) is 6.20 Å². The second kappa shape index (κ2) is 4.38. The number of hydrogen-bond donors (Lipinski definition) is 0. The van der Waals surface area contributed by atoms with Crippen molar-refractivity contribution in [2.24, 2.45) is 0 Å². The van der Waals surface area contributed by atoms with E-state index in [2.05, 4.69) is 9.97 Å². The topological polar surface area (TPSA) is 38.2 Å². The Balaban J connectivity index is 2.34. The van der Waals surface area contributed by atoms with E-state index in [9.17, 15) is 4.39 Å². The lowest BCUT2D eigenvalue weighted by Crippen LogP contribution is -2.53. The third-order valence-corrected chi connectivity index (χ3v) is 2.95. The van der Waals surface area contributed by atoms with Gasteiger partial charge in [-0.1, -0.05) is 0 Å². The molecular weight excluding hydrogens is 245 g/mol. The summed E-state index contributed by atoms with van der Waals surface area (Å²) in [7, 11) is 0. The summed E-state index contributed by atoms with van der Waals surface area (Å²) in [5.41, 5.74) is -0.323. The molecule has 2 rings (SSSR count). The normalized spacial score (nSPS) is 23.8. The second-order valence-electron chi connectivity index (χ2n) is 4.86. The molecule has 1 aliphatic heterocycles. The zero-order valence-electron chi connectivity index (χ0n) is 10.1. The van der Waals surface area contributed by atoms with Crippen LogP contribution < -0.4 is 4.90 Å². The number of hydrogen-bond acceptors (Lipinski definition) is 4. The quantitative estimate of drug-likeness (QED) is 0.726. The van der Waals surface area contributed by atoms with Gasteiger partial charge >= 0.3 is 0 Å². The van der Waals surface area contributed by atoms with Crippen LogP contribution in [0.1, 0.15) is 20.8 Å². The Hall–Kier alpha value is -0.940. The first-order chi connectivity index (χ1) is 7.89. The molecule has 1 saturated heterocycles. The van der Waals surface area contributed by atoms with Gasteiger partial charge in [0, 0.05) is 6.54 Å². The highest BCUT2D eigenvalue weighted by Crippen LogP contribution is 2.27. The standard InChI is InChI=1S/C11H15ClFN3O/c1-7-5-17-11(2,3)6-16(7)9-8(13)4-14-10(12)15-9/h4,7H,5-6H2,1-3H3/t7-/m1/s1. The lowest BCUT2D eigenvalue weighted by molar-refractivity contribution is -0.0425. The second-order valence-corrected chi connectivity index (χ2v) is 5.20. The van der Waals surface area contributed by atoms with Crippen molar-refractivity contribution in [3.8, 4) is 0 Å². The highest BCUT2D eigenvalue weighted by molar-refractivity contribution is 6.28. The minimum absolute atomic E-state index is 0.0536. The Labute approximate surface area is 105 Å². The fourth-order valence-corrected chi connectivity index (χ4v) is 2.00. The van der Waals surface area contributed by atoms with Crippen LogP contribution in [-0.4, -0.2) is 34.8 Å². The fourth-order valence-electron chi connectivity index (χ4n) is 1.87. The Kier molecular flexibility index (Phi) is 3.23. The van der Waals surface area contributed by atoms with Gasteiger partial charge < -0.3 is 9.64 Å². The van der Waals surface area contributed by atoms with Crippen molar-refractivity contribution >= 4 is 17.4 Å². The Morgan fingerprint density at radius 3 is 3.00 bits per heavy atom. The molecule has 0 unspecified atom stereocenters. The number of halogens is 2. The zero-order chi connectivity index (χ0) is 12.6. The van der Waals surface area contributed by atoms with Crippen molar-refractivity contribution in [2.75, 3.05) is 18.1 Å². The maximum Gasteiger partial charge on any atom is 0.224 e. The molecule has 1 aromatic heterocycles. The number of anilines is 1. The van der Waals surface area contributed by atoms with Crippen LogP contribution in [0.15, 0.2) is 6.20 Å². The molecule has 0 bridgehead atoms. The van der Waals surface area contributed by atoms with E-state index in [0.29, 0.717) is 13.2 Å². The summed E-state index contributed by atoms with van der Waals surface area (Å²) in [5.74, 6) is -0.215. The van der Waals surface area contributed by atoms with Crippen molar-refractivity contribution in [1.82, 2.24) is 9.97 Å². The van der Waals surface area contributed by atoms with Gasteiger partial charge in [0.05, 0.1) is 24.4 Å². The Morgan fingerprint density at radius 2 is 2.29 bits per heavy atom. The first-order valence-electron chi connectivity index (χ1n) is 5.48. The average Bonchev–Trinajstić information content (AvgIpc) is 2.25. The van der Waals surface area contributed by atoms with Crippen LogP contribution in [0.5, 0.6) is 0 Å². The first-order valence-corrected chi connectivity index (χ1v) is 5.85. The monoisotopic (exact) mass is 259 g/mol. The van der Waals surface area contributed by atoms with Gasteiger partial charge in [0.25, 0.3) is 0 Å². The molecule has 0 spiro atoms. The van der Waals surface area contributed by atoms with Gasteiger partial charge in [-0.25, -0.2) is 9.37 Å². The van der Waals surface area contributed by atoms with Gasteiger partial charge in [-0.15, -0.1) is 0 Å². The zero-order valence-corrected chi connectivity index (χ0v) is 10.8. The molecule has 4 nitrogen and oxygen atoms in total. The van der Waals surface area contributed by atoms with E-state index >= 15 is 0 Å². The van der Waals surface area contributed by atoms with Gasteiger partial charge in [-0.2, -0.15) is 4.98 Å². The van der Waals surface area contributed by atoms with Crippen LogP contribution in [0.3, 0.4) is 0 Å². The van der Waals surface area contributed by atoms with E-state index in [1.54, 1.807) is 0 Å².